The largest absolute Gasteiger partial charge is 0.493 e. The highest BCUT2D eigenvalue weighted by molar-refractivity contribution is 8.00. The van der Waals surface area contributed by atoms with Crippen molar-refractivity contribution in [2.75, 3.05) is 30.6 Å². The normalized spacial score (nSPS) is 10.4. The van der Waals surface area contributed by atoms with Gasteiger partial charge in [-0.2, -0.15) is 0 Å². The Morgan fingerprint density at radius 2 is 1.73 bits per heavy atom. The zero-order valence-electron chi connectivity index (χ0n) is 16.6. The molecule has 0 atom stereocenters. The van der Waals surface area contributed by atoms with E-state index in [4.69, 9.17) is 9.47 Å². The molecule has 0 saturated carbocycles. The lowest BCUT2D eigenvalue weighted by Crippen LogP contribution is -2.13. The van der Waals surface area contributed by atoms with E-state index in [1.54, 1.807) is 30.3 Å². The Kier molecular flexibility index (Phi) is 7.26. The van der Waals surface area contributed by atoms with Gasteiger partial charge >= 0.3 is 0 Å². The molecule has 10 heteroatoms. The van der Waals surface area contributed by atoms with Gasteiger partial charge in [-0.05, 0) is 49.4 Å². The molecule has 0 radical (unpaired) electrons. The van der Waals surface area contributed by atoms with Gasteiger partial charge in [-0.1, -0.05) is 11.3 Å². The molecule has 2 N–H and O–H groups in total. The first kappa shape index (κ1) is 21.6. The molecule has 1 aromatic heterocycles. The van der Waals surface area contributed by atoms with E-state index in [0.717, 1.165) is 9.90 Å². The molecule has 8 nitrogen and oxygen atoms in total. The Morgan fingerprint density at radius 1 is 1.00 bits per heavy atom. The van der Waals surface area contributed by atoms with Crippen LogP contribution in [0.25, 0.3) is 0 Å². The van der Waals surface area contributed by atoms with E-state index >= 15 is 0 Å². The maximum absolute atomic E-state index is 12.5. The molecule has 0 aliphatic heterocycles. The van der Waals surface area contributed by atoms with Crippen LogP contribution in [0.15, 0.2) is 47.4 Å². The van der Waals surface area contributed by atoms with Gasteiger partial charge in [0.2, 0.25) is 11.0 Å². The second kappa shape index (κ2) is 10.1. The van der Waals surface area contributed by atoms with Gasteiger partial charge in [-0.25, -0.2) is 0 Å². The first-order chi connectivity index (χ1) is 14.5. The number of hydrogen-bond acceptors (Lipinski definition) is 8. The van der Waals surface area contributed by atoms with Gasteiger partial charge in [0, 0.05) is 16.1 Å². The summed E-state index contributed by atoms with van der Waals surface area (Å²) < 4.78 is 10.4. The lowest BCUT2D eigenvalue weighted by atomic mass is 10.2. The summed E-state index contributed by atoms with van der Waals surface area (Å²) in [6, 6.07) is 12.2. The summed E-state index contributed by atoms with van der Waals surface area (Å²) in [7, 11) is 3.06. The minimum absolute atomic E-state index is 0.151. The summed E-state index contributed by atoms with van der Waals surface area (Å²) >= 11 is 2.72. The highest BCUT2D eigenvalue weighted by atomic mass is 32.2. The van der Waals surface area contributed by atoms with Gasteiger partial charge in [-0.15, -0.1) is 22.0 Å². The molecule has 0 aliphatic carbocycles. The summed E-state index contributed by atoms with van der Waals surface area (Å²) in [5, 5.41) is 14.6. The molecule has 0 fully saturated rings. The van der Waals surface area contributed by atoms with Crippen LogP contribution < -0.4 is 20.1 Å². The zero-order valence-corrected chi connectivity index (χ0v) is 18.2. The number of ether oxygens (including phenoxy) is 2. The minimum atomic E-state index is -0.261. The summed E-state index contributed by atoms with van der Waals surface area (Å²) in [6.07, 6.45) is 0. The van der Waals surface area contributed by atoms with E-state index in [1.807, 2.05) is 19.1 Å². The lowest BCUT2D eigenvalue weighted by Gasteiger charge is -2.10. The molecule has 0 saturated heterocycles. The Balaban J connectivity index is 1.54. The number of amides is 2. The predicted molar refractivity (Wildman–Crippen MR) is 118 cm³/mol. The number of rotatable bonds is 8. The summed E-state index contributed by atoms with van der Waals surface area (Å²) in [5.41, 5.74) is 1.10. The number of anilines is 2. The van der Waals surface area contributed by atoms with Crippen LogP contribution in [-0.4, -0.2) is 42.0 Å². The van der Waals surface area contributed by atoms with Crippen LogP contribution in [0.3, 0.4) is 0 Å². The Bertz CT molecular complexity index is 1040. The van der Waals surface area contributed by atoms with Crippen molar-refractivity contribution in [3.63, 3.8) is 0 Å². The number of nitrogens with one attached hydrogen (secondary N) is 2. The van der Waals surface area contributed by atoms with Crippen molar-refractivity contribution >= 4 is 45.7 Å². The SMILES string of the molecule is COc1ccc(C(=O)Nc2ccc(SCC(=O)Nc3nnc(C)s3)cc2)cc1OC. The molecule has 2 aromatic carbocycles. The number of benzene rings is 2. The number of methoxy groups -OCH3 is 2. The van der Waals surface area contributed by atoms with Crippen LogP contribution >= 0.6 is 23.1 Å². The fourth-order valence-electron chi connectivity index (χ4n) is 2.47. The summed E-state index contributed by atoms with van der Waals surface area (Å²) in [6.45, 7) is 1.83. The highest BCUT2D eigenvalue weighted by Crippen LogP contribution is 2.28. The Morgan fingerprint density at radius 3 is 2.37 bits per heavy atom. The van der Waals surface area contributed by atoms with Crippen LogP contribution in [0.4, 0.5) is 10.8 Å². The molecule has 0 unspecified atom stereocenters. The average molecular weight is 445 g/mol. The minimum Gasteiger partial charge on any atom is -0.493 e. The summed E-state index contributed by atoms with van der Waals surface area (Å²) in [5.74, 6) is 0.875. The second-order valence-corrected chi connectivity index (χ2v) is 8.24. The number of carbonyl (C=O) groups excluding carboxylic acids is 2. The fourth-order valence-corrected chi connectivity index (χ4v) is 3.77. The van der Waals surface area contributed by atoms with E-state index < -0.39 is 0 Å². The number of thioether (sulfide) groups is 1. The number of nitrogens with zero attached hydrogens (tertiary/aromatic N) is 2. The van der Waals surface area contributed by atoms with Crippen molar-refractivity contribution in [3.05, 3.63) is 53.0 Å². The van der Waals surface area contributed by atoms with Crippen LogP contribution in [-0.2, 0) is 4.79 Å². The topological polar surface area (TPSA) is 102 Å². The third-order valence-electron chi connectivity index (χ3n) is 3.90. The molecule has 2 amide bonds. The number of hydrogen-bond donors (Lipinski definition) is 2. The zero-order chi connectivity index (χ0) is 21.5. The molecule has 0 aliphatic rings. The van der Waals surface area contributed by atoms with Crippen LogP contribution in [0.1, 0.15) is 15.4 Å². The van der Waals surface area contributed by atoms with Crippen molar-refractivity contribution in [2.24, 2.45) is 0 Å². The molecule has 30 heavy (non-hydrogen) atoms. The average Bonchev–Trinajstić information content (AvgIpc) is 3.17. The van der Waals surface area contributed by atoms with Crippen molar-refractivity contribution in [1.29, 1.82) is 0 Å². The van der Waals surface area contributed by atoms with Gasteiger partial charge in [0.25, 0.3) is 5.91 Å². The van der Waals surface area contributed by atoms with E-state index in [1.165, 1.54) is 37.3 Å². The second-order valence-electron chi connectivity index (χ2n) is 6.01. The first-order valence-electron chi connectivity index (χ1n) is 8.84. The molecule has 0 bridgehead atoms. The van der Waals surface area contributed by atoms with E-state index in [2.05, 4.69) is 20.8 Å². The number of carbonyl (C=O) groups is 2. The van der Waals surface area contributed by atoms with Crippen molar-refractivity contribution in [3.8, 4) is 11.5 Å². The van der Waals surface area contributed by atoms with Crippen LogP contribution in [0.2, 0.25) is 0 Å². The van der Waals surface area contributed by atoms with Gasteiger partial charge < -0.3 is 14.8 Å². The molecule has 0 spiro atoms. The van der Waals surface area contributed by atoms with Crippen molar-refractivity contribution < 1.29 is 19.1 Å². The fraction of sp³-hybridized carbons (Fsp3) is 0.200. The maximum atomic E-state index is 12.5. The Hall–Kier alpha value is -3.11. The third-order valence-corrected chi connectivity index (χ3v) is 5.67. The van der Waals surface area contributed by atoms with Crippen molar-refractivity contribution in [2.45, 2.75) is 11.8 Å². The molecule has 156 valence electrons. The number of aromatic nitrogens is 2. The molecule has 3 aromatic rings. The predicted octanol–water partition coefficient (Wildman–Crippen LogP) is 3.85. The van der Waals surface area contributed by atoms with Gasteiger partial charge in [0.1, 0.15) is 5.01 Å². The Labute approximate surface area is 182 Å². The molecule has 1 heterocycles. The molecular formula is C20H20N4O4S2. The van der Waals surface area contributed by atoms with Crippen LogP contribution in [0.5, 0.6) is 11.5 Å². The third kappa shape index (κ3) is 5.71. The first-order valence-corrected chi connectivity index (χ1v) is 10.6. The highest BCUT2D eigenvalue weighted by Gasteiger charge is 2.11. The lowest BCUT2D eigenvalue weighted by molar-refractivity contribution is -0.113. The monoisotopic (exact) mass is 444 g/mol. The molecule has 3 rings (SSSR count). The van der Waals surface area contributed by atoms with Gasteiger partial charge in [0.05, 0.1) is 20.0 Å². The summed E-state index contributed by atoms with van der Waals surface area (Å²) in [4.78, 5) is 25.4. The quantitative estimate of drug-likeness (QED) is 0.509. The van der Waals surface area contributed by atoms with Gasteiger partial charge in [-0.3, -0.25) is 14.9 Å². The van der Waals surface area contributed by atoms with Crippen LogP contribution in [0, 0.1) is 6.92 Å². The number of aryl methyl sites for hydroxylation is 1. The maximum Gasteiger partial charge on any atom is 0.255 e. The smallest absolute Gasteiger partial charge is 0.255 e. The van der Waals surface area contributed by atoms with E-state index in [9.17, 15) is 9.59 Å². The molecular weight excluding hydrogens is 424 g/mol. The van der Waals surface area contributed by atoms with Crippen molar-refractivity contribution in [1.82, 2.24) is 10.2 Å². The standard InChI is InChI=1S/C20H20N4O4S2/c1-12-23-24-20(30-12)22-18(25)11-29-15-7-5-14(6-8-15)21-19(26)13-4-9-16(27-2)17(10-13)28-3/h4-10H,11H2,1-3H3,(H,21,26)(H,22,24,25). The van der Waals surface area contributed by atoms with E-state index in [0.29, 0.717) is 27.9 Å². The van der Waals surface area contributed by atoms with E-state index in [-0.39, 0.29) is 17.6 Å². The van der Waals surface area contributed by atoms with Gasteiger partial charge in [0.15, 0.2) is 11.5 Å².